The van der Waals surface area contributed by atoms with Crippen LogP contribution in [0.4, 0.5) is 8.78 Å². The molecule has 0 N–H and O–H groups in total. The Bertz CT molecular complexity index is 1630. The molecule has 0 aliphatic carbocycles. The normalized spacial score (nSPS) is 11.1. The number of Topliss-reactive ketones (excluding diaryl/α,β-unsaturated/α-hetero) is 2. The molecule has 192 valence electrons. The monoisotopic (exact) mass is 531 g/mol. The van der Waals surface area contributed by atoms with Crippen molar-refractivity contribution < 1.29 is 23.1 Å². The lowest BCUT2D eigenvalue weighted by Gasteiger charge is -2.09. The van der Waals surface area contributed by atoms with Gasteiger partial charge in [0.05, 0.1) is 33.5 Å². The zero-order valence-electron chi connectivity index (χ0n) is 20.5. The van der Waals surface area contributed by atoms with Crippen LogP contribution in [-0.4, -0.2) is 26.1 Å². The van der Waals surface area contributed by atoms with E-state index in [9.17, 15) is 18.4 Å². The van der Waals surface area contributed by atoms with Crippen LogP contribution >= 0.6 is 11.3 Å². The first kappa shape index (κ1) is 25.4. The van der Waals surface area contributed by atoms with E-state index in [2.05, 4.69) is 9.97 Å². The van der Waals surface area contributed by atoms with Crippen molar-refractivity contribution in [1.29, 1.82) is 0 Å². The minimum Gasteiger partial charge on any atom is -0.453 e. The molecule has 0 atom stereocenters. The fourth-order valence-electron chi connectivity index (χ4n) is 4.04. The summed E-state index contributed by atoms with van der Waals surface area (Å²) in [5.41, 5.74) is 2.63. The molecule has 0 amide bonds. The predicted molar refractivity (Wildman–Crippen MR) is 141 cm³/mol. The number of pyridine rings is 1. The van der Waals surface area contributed by atoms with Crippen molar-refractivity contribution in [1.82, 2.24) is 14.5 Å². The maximum Gasteiger partial charge on any atom is 0.166 e. The highest BCUT2D eigenvalue weighted by molar-refractivity contribution is 7.22. The smallest absolute Gasteiger partial charge is 0.166 e. The van der Waals surface area contributed by atoms with Crippen LogP contribution in [0.3, 0.4) is 0 Å². The number of rotatable bonds is 10. The second-order valence-corrected chi connectivity index (χ2v) is 9.88. The average molecular weight is 532 g/mol. The van der Waals surface area contributed by atoms with Crippen molar-refractivity contribution in [3.8, 4) is 22.1 Å². The Kier molecular flexibility index (Phi) is 7.37. The lowest BCUT2D eigenvalue weighted by molar-refractivity contribution is -0.126. The SMILES string of the molecule is CCn1cnc(-c2cc3nccc(Oc4ccc(CC(=O)CC(=O)Cc5ccc(F)cc5)cc4F)c3s2)c1. The summed E-state index contributed by atoms with van der Waals surface area (Å²) in [6.45, 7) is 2.85. The summed E-state index contributed by atoms with van der Waals surface area (Å²) in [5.74, 6) is -1.11. The number of aryl methyl sites for hydroxylation is 1. The first-order valence-corrected chi connectivity index (χ1v) is 12.8. The Morgan fingerprint density at radius 1 is 0.921 bits per heavy atom. The molecule has 6 nitrogen and oxygen atoms in total. The van der Waals surface area contributed by atoms with E-state index in [1.807, 2.05) is 23.8 Å². The Balaban J connectivity index is 1.25. The lowest BCUT2D eigenvalue weighted by Crippen LogP contribution is -2.12. The molecule has 0 fully saturated rings. The average Bonchev–Trinajstić information content (AvgIpc) is 3.54. The molecule has 3 heterocycles. The van der Waals surface area contributed by atoms with Gasteiger partial charge in [-0.3, -0.25) is 14.6 Å². The van der Waals surface area contributed by atoms with Crippen molar-refractivity contribution in [3.05, 3.63) is 96.1 Å². The Hall–Kier alpha value is -4.24. The second kappa shape index (κ2) is 11.0. The van der Waals surface area contributed by atoms with Gasteiger partial charge in [-0.15, -0.1) is 11.3 Å². The van der Waals surface area contributed by atoms with Gasteiger partial charge in [0, 0.05) is 37.8 Å². The van der Waals surface area contributed by atoms with Gasteiger partial charge in [0.1, 0.15) is 23.1 Å². The molecule has 38 heavy (non-hydrogen) atoms. The molecule has 0 radical (unpaired) electrons. The number of halogens is 2. The number of thiophene rings is 1. The van der Waals surface area contributed by atoms with Gasteiger partial charge >= 0.3 is 0 Å². The third kappa shape index (κ3) is 5.84. The van der Waals surface area contributed by atoms with Gasteiger partial charge in [0.15, 0.2) is 11.6 Å². The minimum atomic E-state index is -0.614. The second-order valence-electron chi connectivity index (χ2n) is 8.82. The number of carbonyl (C=O) groups excluding carboxylic acids is 2. The van der Waals surface area contributed by atoms with Crippen LogP contribution in [0.5, 0.6) is 11.5 Å². The molecule has 0 aliphatic heterocycles. The van der Waals surface area contributed by atoms with Crippen molar-refractivity contribution in [2.24, 2.45) is 0 Å². The fourth-order valence-corrected chi connectivity index (χ4v) is 5.07. The Labute approximate surface area is 221 Å². The highest BCUT2D eigenvalue weighted by atomic mass is 32.1. The number of hydrogen-bond acceptors (Lipinski definition) is 6. The number of ether oxygens (including phenoxy) is 1. The van der Waals surface area contributed by atoms with E-state index in [4.69, 9.17) is 4.74 Å². The zero-order valence-corrected chi connectivity index (χ0v) is 21.3. The summed E-state index contributed by atoms with van der Waals surface area (Å²) >= 11 is 1.46. The lowest BCUT2D eigenvalue weighted by atomic mass is 10.0. The van der Waals surface area contributed by atoms with E-state index in [1.165, 1.54) is 47.7 Å². The molecule has 5 aromatic rings. The van der Waals surface area contributed by atoms with Crippen LogP contribution in [0.25, 0.3) is 20.8 Å². The molecule has 0 aliphatic rings. The van der Waals surface area contributed by atoms with Crippen LogP contribution in [0.1, 0.15) is 24.5 Å². The molecule has 0 saturated heterocycles. The summed E-state index contributed by atoms with van der Waals surface area (Å²) in [6, 6.07) is 13.5. The predicted octanol–water partition coefficient (Wildman–Crippen LogP) is 6.56. The highest BCUT2D eigenvalue weighted by Gasteiger charge is 2.16. The van der Waals surface area contributed by atoms with Crippen molar-refractivity contribution >= 4 is 33.1 Å². The van der Waals surface area contributed by atoms with E-state index in [-0.39, 0.29) is 42.4 Å². The molecule has 3 aromatic heterocycles. The number of hydrogen-bond donors (Lipinski definition) is 0. The van der Waals surface area contributed by atoms with E-state index >= 15 is 0 Å². The molecule has 0 unspecified atom stereocenters. The van der Waals surface area contributed by atoms with Crippen molar-refractivity contribution in [3.63, 3.8) is 0 Å². The quantitative estimate of drug-likeness (QED) is 0.191. The minimum absolute atomic E-state index is 0.0197. The van der Waals surface area contributed by atoms with Gasteiger partial charge in [0.25, 0.3) is 0 Å². The first-order valence-electron chi connectivity index (χ1n) is 12.0. The summed E-state index contributed by atoms with van der Waals surface area (Å²) in [5, 5.41) is 0. The summed E-state index contributed by atoms with van der Waals surface area (Å²) in [7, 11) is 0. The highest BCUT2D eigenvalue weighted by Crippen LogP contribution is 2.39. The number of fused-ring (bicyclic) bond motifs is 1. The number of benzene rings is 2. The Morgan fingerprint density at radius 2 is 1.66 bits per heavy atom. The van der Waals surface area contributed by atoms with Gasteiger partial charge < -0.3 is 9.30 Å². The van der Waals surface area contributed by atoms with Gasteiger partial charge in [-0.05, 0) is 48.4 Å². The largest absolute Gasteiger partial charge is 0.453 e. The number of aromatic nitrogens is 3. The van der Waals surface area contributed by atoms with Crippen molar-refractivity contribution in [2.45, 2.75) is 32.7 Å². The zero-order chi connectivity index (χ0) is 26.6. The molecule has 0 saturated carbocycles. The standard InChI is InChI=1S/C29H23F2N3O3S/c1-2-34-16-25(33-17-34)28-15-24-29(38-28)27(9-10-32-24)37-26-8-5-19(13-23(26)31)12-22(36)14-21(35)11-18-3-6-20(30)7-4-18/h3-10,13,15-17H,2,11-12,14H2,1H3. The first-order chi connectivity index (χ1) is 18.4. The topological polar surface area (TPSA) is 74.1 Å². The van der Waals surface area contributed by atoms with E-state index in [0.717, 1.165) is 27.3 Å². The molecule has 5 rings (SSSR count). The van der Waals surface area contributed by atoms with Crippen LogP contribution in [0, 0.1) is 11.6 Å². The summed E-state index contributed by atoms with van der Waals surface area (Å²) in [6.07, 6.45) is 5.02. The molecule has 2 aromatic carbocycles. The van der Waals surface area contributed by atoms with Crippen LogP contribution < -0.4 is 4.74 Å². The molecule has 0 spiro atoms. The van der Waals surface area contributed by atoms with Gasteiger partial charge in [0.2, 0.25) is 0 Å². The fraction of sp³-hybridized carbons (Fsp3) is 0.172. The van der Waals surface area contributed by atoms with Crippen LogP contribution in [0.15, 0.2) is 73.3 Å². The Morgan fingerprint density at radius 3 is 2.37 bits per heavy atom. The van der Waals surface area contributed by atoms with E-state index in [0.29, 0.717) is 16.9 Å². The third-order valence-corrected chi connectivity index (χ3v) is 7.11. The van der Waals surface area contributed by atoms with Crippen LogP contribution in [0.2, 0.25) is 0 Å². The molecular formula is C29H23F2N3O3S. The summed E-state index contributed by atoms with van der Waals surface area (Å²) in [4.78, 5) is 34.4. The third-order valence-electron chi connectivity index (χ3n) is 5.95. The number of imidazole rings is 1. The molecule has 9 heteroatoms. The van der Waals surface area contributed by atoms with E-state index in [1.54, 1.807) is 24.7 Å². The number of nitrogens with zero attached hydrogens (tertiary/aromatic N) is 3. The molecular weight excluding hydrogens is 508 g/mol. The van der Waals surface area contributed by atoms with Crippen LogP contribution in [-0.2, 0) is 29.0 Å². The molecule has 0 bridgehead atoms. The summed E-state index contributed by atoms with van der Waals surface area (Å²) < 4.78 is 36.6. The van der Waals surface area contributed by atoms with Gasteiger partial charge in [-0.2, -0.15) is 0 Å². The maximum atomic E-state index is 14.9. The number of carbonyl (C=O) groups is 2. The van der Waals surface area contributed by atoms with Crippen molar-refractivity contribution in [2.75, 3.05) is 0 Å². The van der Waals surface area contributed by atoms with Gasteiger partial charge in [-0.25, -0.2) is 13.8 Å². The number of ketones is 2. The maximum absolute atomic E-state index is 14.9. The van der Waals surface area contributed by atoms with E-state index < -0.39 is 5.82 Å². The van der Waals surface area contributed by atoms with Gasteiger partial charge in [-0.1, -0.05) is 18.2 Å².